The molecule has 0 unspecified atom stereocenters. The molecule has 2 aromatic carbocycles. The SMILES string of the molecule is C1=COC1.Cn1c(CN2CCCC2)nc2c(F)cc(C(=O)O)cc21.Fc1cc(Cl)ccc1OCc1ccccn1. The number of likely N-dealkylation sites (tertiary alicyclic amines) is 1. The summed E-state index contributed by atoms with van der Waals surface area (Å²) < 4.78 is 38.9. The van der Waals surface area contributed by atoms with Crippen LogP contribution in [0.2, 0.25) is 5.02 Å². The molecule has 0 radical (unpaired) electrons. The smallest absolute Gasteiger partial charge is 0.335 e. The monoisotopic (exact) mass is 570 g/mol. The van der Waals surface area contributed by atoms with Gasteiger partial charge in [0.25, 0.3) is 0 Å². The van der Waals surface area contributed by atoms with Gasteiger partial charge in [0.1, 0.15) is 24.6 Å². The van der Waals surface area contributed by atoms with Gasteiger partial charge in [0.2, 0.25) is 0 Å². The van der Waals surface area contributed by atoms with E-state index in [0.29, 0.717) is 17.1 Å². The highest BCUT2D eigenvalue weighted by atomic mass is 35.5. The average molecular weight is 571 g/mol. The number of halogens is 3. The minimum Gasteiger partial charge on any atom is -0.497 e. The van der Waals surface area contributed by atoms with Gasteiger partial charge in [-0.2, -0.15) is 0 Å². The summed E-state index contributed by atoms with van der Waals surface area (Å²) in [6.45, 7) is 3.80. The van der Waals surface area contributed by atoms with E-state index in [1.807, 2.05) is 24.3 Å². The van der Waals surface area contributed by atoms with Crippen molar-refractivity contribution < 1.29 is 28.2 Å². The fraction of sp³-hybridized carbons (Fsp3) is 0.276. The van der Waals surface area contributed by atoms with Crippen LogP contribution in [0, 0.1) is 11.6 Å². The van der Waals surface area contributed by atoms with Crippen molar-refractivity contribution in [3.63, 3.8) is 0 Å². The standard InChI is InChI=1S/C14H16FN3O2.C12H9ClFNO.C3H4O/c1-17-11-7-9(14(19)20)6-10(15)13(11)16-12(17)8-18-4-2-3-5-18;13-9-4-5-12(11(14)7-9)16-8-10-3-1-2-6-15-10;1-2-4-3-1/h6-7H,2-5,8H2,1H3,(H,19,20);1-7H,8H2;1-2H,3H2. The summed E-state index contributed by atoms with van der Waals surface area (Å²) >= 11 is 5.63. The van der Waals surface area contributed by atoms with Gasteiger partial charge in [0.15, 0.2) is 17.4 Å². The Kier molecular flexibility index (Phi) is 10.0. The Morgan fingerprint density at radius 2 is 1.85 bits per heavy atom. The summed E-state index contributed by atoms with van der Waals surface area (Å²) in [6.07, 6.45) is 7.67. The first-order valence-electron chi connectivity index (χ1n) is 12.7. The lowest BCUT2D eigenvalue weighted by Gasteiger charge is -2.13. The summed E-state index contributed by atoms with van der Waals surface area (Å²) in [4.78, 5) is 21.7. The second kappa shape index (κ2) is 13.9. The van der Waals surface area contributed by atoms with E-state index in [2.05, 4.69) is 19.6 Å². The van der Waals surface area contributed by atoms with E-state index < -0.39 is 17.6 Å². The van der Waals surface area contributed by atoms with Gasteiger partial charge in [-0.1, -0.05) is 17.7 Å². The number of benzene rings is 2. The number of aromatic nitrogens is 3. The lowest BCUT2D eigenvalue weighted by Crippen LogP contribution is -2.20. The summed E-state index contributed by atoms with van der Waals surface area (Å²) in [5.41, 5.74) is 1.46. The Bertz CT molecular complexity index is 1470. The molecule has 210 valence electrons. The maximum atomic E-state index is 14.0. The van der Waals surface area contributed by atoms with Crippen LogP contribution in [-0.2, 0) is 24.9 Å². The molecule has 0 aliphatic carbocycles. The number of nitrogens with zero attached hydrogens (tertiary/aromatic N) is 4. The average Bonchev–Trinajstić information content (AvgIpc) is 3.52. The topological polar surface area (TPSA) is 89.7 Å². The molecule has 2 aliphatic heterocycles. The van der Waals surface area contributed by atoms with Gasteiger partial charge in [0.05, 0.1) is 29.6 Å². The van der Waals surface area contributed by atoms with Crippen molar-refractivity contribution >= 4 is 28.6 Å². The minimum atomic E-state index is -1.13. The number of aromatic carboxylic acids is 1. The van der Waals surface area contributed by atoms with E-state index in [0.717, 1.165) is 37.3 Å². The van der Waals surface area contributed by atoms with Gasteiger partial charge in [-0.15, -0.1) is 0 Å². The summed E-state index contributed by atoms with van der Waals surface area (Å²) in [5.74, 6) is -1.24. The van der Waals surface area contributed by atoms with Crippen molar-refractivity contribution in [1.82, 2.24) is 19.4 Å². The van der Waals surface area contributed by atoms with Gasteiger partial charge >= 0.3 is 5.97 Å². The number of ether oxygens (including phenoxy) is 2. The number of carbonyl (C=O) groups is 1. The highest BCUT2D eigenvalue weighted by molar-refractivity contribution is 6.30. The quantitative estimate of drug-likeness (QED) is 0.304. The van der Waals surface area contributed by atoms with Crippen LogP contribution in [-0.4, -0.2) is 50.2 Å². The van der Waals surface area contributed by atoms with E-state index in [-0.39, 0.29) is 23.4 Å². The predicted octanol–water partition coefficient (Wildman–Crippen LogP) is 5.99. The molecule has 40 heavy (non-hydrogen) atoms. The Morgan fingerprint density at radius 1 is 1.12 bits per heavy atom. The lowest BCUT2D eigenvalue weighted by atomic mass is 10.2. The number of fused-ring (bicyclic) bond motifs is 1. The lowest BCUT2D eigenvalue weighted by molar-refractivity contribution is 0.0696. The zero-order valence-corrected chi connectivity index (χ0v) is 22.7. The number of pyridine rings is 1. The van der Waals surface area contributed by atoms with Crippen LogP contribution in [0.5, 0.6) is 5.75 Å². The predicted molar refractivity (Wildman–Crippen MR) is 147 cm³/mol. The van der Waals surface area contributed by atoms with Gasteiger partial charge in [-0.25, -0.2) is 18.6 Å². The molecule has 8 nitrogen and oxygen atoms in total. The van der Waals surface area contributed by atoms with E-state index in [1.54, 1.807) is 30.1 Å². The molecule has 6 rings (SSSR count). The third-order valence-corrected chi connectivity index (χ3v) is 6.46. The van der Waals surface area contributed by atoms with Crippen molar-refractivity contribution in [2.75, 3.05) is 19.7 Å². The van der Waals surface area contributed by atoms with Crippen molar-refractivity contribution in [3.8, 4) is 5.75 Å². The Hall–Kier alpha value is -4.02. The Balaban J connectivity index is 0.000000165. The zero-order valence-electron chi connectivity index (χ0n) is 21.9. The van der Waals surface area contributed by atoms with Gasteiger partial charge < -0.3 is 19.1 Å². The second-order valence-corrected chi connectivity index (χ2v) is 9.53. The minimum absolute atomic E-state index is 0.0503. The van der Waals surface area contributed by atoms with E-state index >= 15 is 0 Å². The number of hydrogen-bond donors (Lipinski definition) is 1. The number of hydrogen-bond acceptors (Lipinski definition) is 6. The molecule has 2 aromatic heterocycles. The van der Waals surface area contributed by atoms with Crippen molar-refractivity contribution in [2.24, 2.45) is 7.05 Å². The third kappa shape index (κ3) is 7.77. The van der Waals surface area contributed by atoms with Crippen LogP contribution >= 0.6 is 11.6 Å². The molecule has 4 heterocycles. The molecule has 1 saturated heterocycles. The van der Waals surface area contributed by atoms with E-state index in [1.165, 1.54) is 31.0 Å². The first-order chi connectivity index (χ1) is 19.3. The fourth-order valence-corrected chi connectivity index (χ4v) is 4.18. The highest BCUT2D eigenvalue weighted by Gasteiger charge is 2.19. The number of carboxylic acids is 1. The molecule has 0 atom stereocenters. The molecular weight excluding hydrogens is 542 g/mol. The third-order valence-electron chi connectivity index (χ3n) is 6.22. The molecular formula is C29H29ClF2N4O4. The van der Waals surface area contributed by atoms with Gasteiger partial charge in [-0.3, -0.25) is 9.88 Å². The number of aryl methyl sites for hydroxylation is 1. The molecule has 1 N–H and O–H groups in total. The molecule has 0 amide bonds. The summed E-state index contributed by atoms with van der Waals surface area (Å²) in [5, 5.41) is 9.34. The Labute approximate surface area is 235 Å². The highest BCUT2D eigenvalue weighted by Crippen LogP contribution is 2.23. The van der Waals surface area contributed by atoms with Crippen LogP contribution in [0.3, 0.4) is 0 Å². The van der Waals surface area contributed by atoms with Crippen molar-refractivity contribution in [2.45, 2.75) is 26.0 Å². The largest absolute Gasteiger partial charge is 0.497 e. The maximum Gasteiger partial charge on any atom is 0.335 e. The molecule has 11 heteroatoms. The van der Waals surface area contributed by atoms with E-state index in [9.17, 15) is 13.6 Å². The first kappa shape index (κ1) is 29.0. The van der Waals surface area contributed by atoms with Crippen LogP contribution in [0.4, 0.5) is 8.78 Å². The van der Waals surface area contributed by atoms with Crippen LogP contribution in [0.15, 0.2) is 67.1 Å². The summed E-state index contributed by atoms with van der Waals surface area (Å²) in [6, 6.07) is 12.3. The first-order valence-corrected chi connectivity index (χ1v) is 13.0. The van der Waals surface area contributed by atoms with Crippen LogP contribution in [0.25, 0.3) is 11.0 Å². The summed E-state index contributed by atoms with van der Waals surface area (Å²) in [7, 11) is 1.80. The molecule has 0 saturated carbocycles. The molecule has 0 spiro atoms. The number of carboxylic acid groups (broad SMARTS) is 1. The number of imidazole rings is 1. The van der Waals surface area contributed by atoms with Gasteiger partial charge in [-0.05, 0) is 74.5 Å². The molecule has 4 aromatic rings. The van der Waals surface area contributed by atoms with Crippen molar-refractivity contribution in [1.29, 1.82) is 0 Å². The normalized spacial score (nSPS) is 13.9. The number of rotatable bonds is 6. The maximum absolute atomic E-state index is 14.0. The van der Waals surface area contributed by atoms with Gasteiger partial charge in [0, 0.05) is 18.3 Å². The fourth-order valence-electron chi connectivity index (χ4n) is 4.02. The molecule has 0 bridgehead atoms. The van der Waals surface area contributed by atoms with Crippen molar-refractivity contribution in [3.05, 3.63) is 101 Å². The zero-order chi connectivity index (χ0) is 28.5. The van der Waals surface area contributed by atoms with Crippen LogP contribution < -0.4 is 4.74 Å². The second-order valence-electron chi connectivity index (χ2n) is 9.09. The molecule has 1 fully saturated rings. The Morgan fingerprint density at radius 3 is 2.45 bits per heavy atom. The molecule has 2 aliphatic rings. The van der Waals surface area contributed by atoms with E-state index in [4.69, 9.17) is 21.4 Å². The van der Waals surface area contributed by atoms with Crippen LogP contribution in [0.1, 0.15) is 34.7 Å².